The number of carboxylic acid groups (broad SMARTS) is 1. The molecule has 1 aliphatic heterocycles. The molecule has 1 aromatic carbocycles. The molecule has 23 heavy (non-hydrogen) atoms. The Morgan fingerprint density at radius 2 is 2.09 bits per heavy atom. The number of hydrogen-bond acceptors (Lipinski definition) is 4. The van der Waals surface area contributed by atoms with Crippen molar-refractivity contribution in [2.75, 3.05) is 16.8 Å². The SMILES string of the molecule is O=C(Nc1ccsc1C(=O)O)c1cccc(N2CCCC2=O)c1. The Kier molecular flexibility index (Phi) is 4.12. The van der Waals surface area contributed by atoms with Crippen molar-refractivity contribution < 1.29 is 19.5 Å². The van der Waals surface area contributed by atoms with Crippen LogP contribution < -0.4 is 10.2 Å². The lowest BCUT2D eigenvalue weighted by molar-refractivity contribution is -0.117. The molecule has 0 aliphatic carbocycles. The Balaban J connectivity index is 1.81. The van der Waals surface area contributed by atoms with Gasteiger partial charge < -0.3 is 15.3 Å². The number of rotatable bonds is 4. The largest absolute Gasteiger partial charge is 0.477 e. The van der Waals surface area contributed by atoms with Crippen LogP contribution in [-0.4, -0.2) is 29.4 Å². The minimum absolute atomic E-state index is 0.0496. The Labute approximate surface area is 136 Å². The molecule has 0 bridgehead atoms. The lowest BCUT2D eigenvalue weighted by atomic mass is 10.1. The summed E-state index contributed by atoms with van der Waals surface area (Å²) in [5.74, 6) is -1.43. The first kappa shape index (κ1) is 15.2. The summed E-state index contributed by atoms with van der Waals surface area (Å²) in [6, 6.07) is 8.33. The Bertz CT molecular complexity index is 784. The van der Waals surface area contributed by atoms with Crippen LogP contribution in [-0.2, 0) is 4.79 Å². The molecular formula is C16H14N2O4S. The number of carbonyl (C=O) groups excluding carboxylic acids is 2. The highest BCUT2D eigenvalue weighted by Gasteiger charge is 2.22. The normalized spacial score (nSPS) is 14.1. The summed E-state index contributed by atoms with van der Waals surface area (Å²) in [6.07, 6.45) is 1.33. The Hall–Kier alpha value is -2.67. The zero-order chi connectivity index (χ0) is 16.4. The van der Waals surface area contributed by atoms with Crippen molar-refractivity contribution in [3.05, 3.63) is 46.2 Å². The van der Waals surface area contributed by atoms with E-state index in [0.29, 0.717) is 24.2 Å². The zero-order valence-electron chi connectivity index (χ0n) is 12.1. The van der Waals surface area contributed by atoms with E-state index >= 15 is 0 Å². The fourth-order valence-electron chi connectivity index (χ4n) is 2.50. The van der Waals surface area contributed by atoms with Gasteiger partial charge in [0, 0.05) is 24.2 Å². The van der Waals surface area contributed by atoms with Crippen molar-refractivity contribution in [2.24, 2.45) is 0 Å². The molecule has 7 heteroatoms. The van der Waals surface area contributed by atoms with Crippen LogP contribution in [0.1, 0.15) is 32.9 Å². The van der Waals surface area contributed by atoms with Crippen molar-refractivity contribution in [3.8, 4) is 0 Å². The van der Waals surface area contributed by atoms with Crippen LogP contribution in [0.25, 0.3) is 0 Å². The number of carboxylic acids is 1. The molecule has 2 aromatic rings. The van der Waals surface area contributed by atoms with Gasteiger partial charge in [0.15, 0.2) is 0 Å². The molecule has 0 radical (unpaired) electrons. The molecule has 0 unspecified atom stereocenters. The molecule has 0 spiro atoms. The predicted octanol–water partition coefficient (Wildman–Crippen LogP) is 2.83. The van der Waals surface area contributed by atoms with Gasteiger partial charge in [0.2, 0.25) is 5.91 Å². The summed E-state index contributed by atoms with van der Waals surface area (Å²) in [4.78, 5) is 36.9. The summed E-state index contributed by atoms with van der Waals surface area (Å²) in [6.45, 7) is 0.650. The highest BCUT2D eigenvalue weighted by molar-refractivity contribution is 7.12. The lowest BCUT2D eigenvalue weighted by Gasteiger charge is -2.16. The second kappa shape index (κ2) is 6.21. The molecule has 6 nitrogen and oxygen atoms in total. The fraction of sp³-hybridized carbons (Fsp3) is 0.188. The van der Waals surface area contributed by atoms with Crippen LogP contribution in [0.3, 0.4) is 0 Å². The van der Waals surface area contributed by atoms with Crippen molar-refractivity contribution in [3.63, 3.8) is 0 Å². The van der Waals surface area contributed by atoms with Crippen LogP contribution >= 0.6 is 11.3 Å². The maximum absolute atomic E-state index is 12.3. The van der Waals surface area contributed by atoms with Crippen LogP contribution in [0.4, 0.5) is 11.4 Å². The molecule has 3 rings (SSSR count). The van der Waals surface area contributed by atoms with E-state index in [4.69, 9.17) is 5.11 Å². The summed E-state index contributed by atoms with van der Waals surface area (Å²) in [5, 5.41) is 13.3. The topological polar surface area (TPSA) is 86.7 Å². The number of amides is 2. The number of anilines is 2. The first-order valence-electron chi connectivity index (χ1n) is 7.09. The summed E-state index contributed by atoms with van der Waals surface area (Å²) < 4.78 is 0. The minimum Gasteiger partial charge on any atom is -0.477 e. The van der Waals surface area contributed by atoms with E-state index in [9.17, 15) is 14.4 Å². The number of hydrogen-bond donors (Lipinski definition) is 2. The second-order valence-corrected chi connectivity index (χ2v) is 6.04. The smallest absolute Gasteiger partial charge is 0.348 e. The summed E-state index contributed by atoms with van der Waals surface area (Å²) in [7, 11) is 0. The van der Waals surface area contributed by atoms with E-state index in [1.807, 2.05) is 0 Å². The van der Waals surface area contributed by atoms with Gasteiger partial charge in [-0.3, -0.25) is 9.59 Å². The summed E-state index contributed by atoms with van der Waals surface area (Å²) in [5.41, 5.74) is 1.34. The molecule has 1 aliphatic rings. The number of carbonyl (C=O) groups is 3. The average molecular weight is 330 g/mol. The molecule has 0 saturated carbocycles. The molecule has 2 heterocycles. The van der Waals surface area contributed by atoms with E-state index in [-0.39, 0.29) is 16.5 Å². The first-order chi connectivity index (χ1) is 11.1. The number of benzene rings is 1. The van der Waals surface area contributed by atoms with Crippen LogP contribution in [0.15, 0.2) is 35.7 Å². The highest BCUT2D eigenvalue weighted by Crippen LogP contribution is 2.25. The first-order valence-corrected chi connectivity index (χ1v) is 7.97. The van der Waals surface area contributed by atoms with Crippen LogP contribution in [0, 0.1) is 0 Å². The van der Waals surface area contributed by atoms with Crippen molar-refractivity contribution in [2.45, 2.75) is 12.8 Å². The maximum Gasteiger partial charge on any atom is 0.348 e. The molecule has 1 saturated heterocycles. The maximum atomic E-state index is 12.3. The van der Waals surface area contributed by atoms with Gasteiger partial charge in [-0.1, -0.05) is 6.07 Å². The van der Waals surface area contributed by atoms with E-state index in [2.05, 4.69) is 5.32 Å². The molecular weight excluding hydrogens is 316 g/mol. The van der Waals surface area contributed by atoms with E-state index in [1.165, 1.54) is 0 Å². The predicted molar refractivity (Wildman–Crippen MR) is 87.3 cm³/mol. The standard InChI is InChI=1S/C16H14N2O4S/c19-13-5-2-7-18(13)11-4-1-3-10(9-11)15(20)17-12-6-8-23-14(12)16(21)22/h1,3-4,6,8-9H,2,5,7H2,(H,17,20)(H,21,22). The summed E-state index contributed by atoms with van der Waals surface area (Å²) >= 11 is 1.05. The highest BCUT2D eigenvalue weighted by atomic mass is 32.1. The molecule has 2 amide bonds. The van der Waals surface area contributed by atoms with Crippen molar-refractivity contribution >= 4 is 40.5 Å². The van der Waals surface area contributed by atoms with E-state index in [1.54, 1.807) is 40.6 Å². The van der Waals surface area contributed by atoms with Gasteiger partial charge in [0.1, 0.15) is 4.88 Å². The van der Waals surface area contributed by atoms with Gasteiger partial charge in [-0.15, -0.1) is 11.3 Å². The molecule has 1 fully saturated rings. The van der Waals surface area contributed by atoms with Crippen molar-refractivity contribution in [1.82, 2.24) is 0 Å². The Morgan fingerprint density at radius 3 is 2.78 bits per heavy atom. The lowest BCUT2D eigenvalue weighted by Crippen LogP contribution is -2.24. The molecule has 1 aromatic heterocycles. The van der Waals surface area contributed by atoms with Gasteiger partial charge in [0.25, 0.3) is 5.91 Å². The van der Waals surface area contributed by atoms with Crippen LogP contribution in [0.5, 0.6) is 0 Å². The van der Waals surface area contributed by atoms with E-state index in [0.717, 1.165) is 17.8 Å². The quantitative estimate of drug-likeness (QED) is 0.902. The number of thiophene rings is 1. The van der Waals surface area contributed by atoms with Gasteiger partial charge in [-0.05, 0) is 36.1 Å². The molecule has 0 atom stereocenters. The minimum atomic E-state index is -1.08. The molecule has 2 N–H and O–H groups in total. The number of nitrogens with zero attached hydrogens (tertiary/aromatic N) is 1. The monoisotopic (exact) mass is 330 g/mol. The average Bonchev–Trinajstić information content (AvgIpc) is 3.16. The van der Waals surface area contributed by atoms with E-state index < -0.39 is 11.9 Å². The number of nitrogens with one attached hydrogen (secondary N) is 1. The van der Waals surface area contributed by atoms with Crippen LogP contribution in [0.2, 0.25) is 0 Å². The van der Waals surface area contributed by atoms with Gasteiger partial charge in [0.05, 0.1) is 5.69 Å². The zero-order valence-corrected chi connectivity index (χ0v) is 12.9. The third-order valence-corrected chi connectivity index (χ3v) is 4.50. The third-order valence-electron chi connectivity index (χ3n) is 3.60. The van der Waals surface area contributed by atoms with Gasteiger partial charge in [-0.25, -0.2) is 4.79 Å². The Morgan fingerprint density at radius 1 is 1.26 bits per heavy atom. The van der Waals surface area contributed by atoms with Gasteiger partial charge in [-0.2, -0.15) is 0 Å². The van der Waals surface area contributed by atoms with Gasteiger partial charge >= 0.3 is 5.97 Å². The fourth-order valence-corrected chi connectivity index (χ4v) is 3.19. The van der Waals surface area contributed by atoms with Crippen molar-refractivity contribution in [1.29, 1.82) is 0 Å². The number of aromatic carboxylic acids is 1. The second-order valence-electron chi connectivity index (χ2n) is 5.12. The third kappa shape index (κ3) is 3.09. The molecule has 118 valence electrons.